The molecule has 0 amide bonds. The largest absolute Gasteiger partial charge is 0.508 e. The summed E-state index contributed by atoms with van der Waals surface area (Å²) in [5.41, 5.74) is 1.77. The first kappa shape index (κ1) is 14.2. The van der Waals surface area contributed by atoms with E-state index in [9.17, 15) is 5.11 Å². The van der Waals surface area contributed by atoms with Crippen molar-refractivity contribution in [2.24, 2.45) is 7.05 Å². The molecule has 1 aromatic heterocycles. The monoisotopic (exact) mass is 269 g/mol. The van der Waals surface area contributed by atoms with Crippen LogP contribution in [-0.2, 0) is 13.6 Å². The molecule has 0 atom stereocenters. The van der Waals surface area contributed by atoms with Crippen molar-refractivity contribution in [2.45, 2.75) is 13.5 Å². The smallest absolute Gasteiger partial charge is 0.148 e. The standard InChI is InChI=1S/C12H15N3O2.ClH/c1-8-5-12(14-15(8)2)13-7-9-3-4-10(16)6-11(9)17;/h3-6,16-17H,7H2,1-2H3,(H,13,14);1H. The molecule has 98 valence electrons. The molecule has 0 spiro atoms. The van der Waals surface area contributed by atoms with Crippen molar-refractivity contribution < 1.29 is 10.2 Å². The predicted molar refractivity (Wildman–Crippen MR) is 72.3 cm³/mol. The number of benzene rings is 1. The molecule has 0 fully saturated rings. The highest BCUT2D eigenvalue weighted by Crippen LogP contribution is 2.23. The molecule has 0 radical (unpaired) electrons. The van der Waals surface area contributed by atoms with Gasteiger partial charge in [-0.25, -0.2) is 0 Å². The summed E-state index contributed by atoms with van der Waals surface area (Å²) in [6.45, 7) is 2.43. The number of hydrogen-bond donors (Lipinski definition) is 3. The Morgan fingerprint density at radius 1 is 1.28 bits per heavy atom. The first-order valence-electron chi connectivity index (χ1n) is 5.31. The van der Waals surface area contributed by atoms with Crippen molar-refractivity contribution in [1.82, 2.24) is 9.78 Å². The van der Waals surface area contributed by atoms with E-state index in [-0.39, 0.29) is 23.9 Å². The lowest BCUT2D eigenvalue weighted by Crippen LogP contribution is -2.01. The summed E-state index contributed by atoms with van der Waals surface area (Å²) < 4.78 is 1.78. The van der Waals surface area contributed by atoms with Gasteiger partial charge in [0.25, 0.3) is 0 Å². The lowest BCUT2D eigenvalue weighted by Gasteiger charge is -2.05. The number of nitrogens with one attached hydrogen (secondary N) is 1. The quantitative estimate of drug-likeness (QED) is 0.799. The molecule has 1 heterocycles. The molecule has 2 rings (SSSR count). The van der Waals surface area contributed by atoms with Gasteiger partial charge in [0.1, 0.15) is 17.3 Å². The Labute approximate surface area is 111 Å². The topological polar surface area (TPSA) is 70.3 Å². The number of rotatable bonds is 3. The van der Waals surface area contributed by atoms with Crippen LogP contribution in [0.25, 0.3) is 0 Å². The van der Waals surface area contributed by atoms with E-state index in [1.165, 1.54) is 6.07 Å². The first-order valence-corrected chi connectivity index (χ1v) is 5.31. The second kappa shape index (κ2) is 5.64. The molecule has 0 bridgehead atoms. The van der Waals surface area contributed by atoms with Crippen molar-refractivity contribution in [3.05, 3.63) is 35.5 Å². The molecule has 0 aliphatic carbocycles. The second-order valence-corrected chi connectivity index (χ2v) is 3.96. The summed E-state index contributed by atoms with van der Waals surface area (Å²) in [6, 6.07) is 6.46. The highest BCUT2D eigenvalue weighted by Gasteiger charge is 2.04. The van der Waals surface area contributed by atoms with E-state index in [0.29, 0.717) is 12.1 Å². The summed E-state index contributed by atoms with van der Waals surface area (Å²) in [5.74, 6) is 0.891. The normalized spacial score (nSPS) is 9.89. The van der Waals surface area contributed by atoms with E-state index in [1.807, 2.05) is 20.0 Å². The average Bonchev–Trinajstić information content (AvgIpc) is 2.57. The summed E-state index contributed by atoms with van der Waals surface area (Å²) in [6.07, 6.45) is 0. The Bertz CT molecular complexity index is 521. The molecule has 6 heteroatoms. The summed E-state index contributed by atoms with van der Waals surface area (Å²) in [7, 11) is 1.87. The fraction of sp³-hybridized carbons (Fsp3) is 0.250. The van der Waals surface area contributed by atoms with Crippen molar-refractivity contribution in [2.75, 3.05) is 5.32 Å². The molecule has 0 aliphatic rings. The molecule has 2 aromatic rings. The number of halogens is 1. The van der Waals surface area contributed by atoms with Crippen LogP contribution >= 0.6 is 12.4 Å². The van der Waals surface area contributed by atoms with Crippen molar-refractivity contribution in [3.63, 3.8) is 0 Å². The number of phenolic OH excluding ortho intramolecular Hbond substituents is 2. The highest BCUT2D eigenvalue weighted by atomic mass is 35.5. The lowest BCUT2D eigenvalue weighted by atomic mass is 10.2. The van der Waals surface area contributed by atoms with Crippen LogP contribution in [-0.4, -0.2) is 20.0 Å². The number of aromatic hydroxyl groups is 2. The van der Waals surface area contributed by atoms with Gasteiger partial charge in [0, 0.05) is 37.0 Å². The molecule has 0 saturated heterocycles. The minimum atomic E-state index is 0. The van der Waals surface area contributed by atoms with Crippen molar-refractivity contribution in [1.29, 1.82) is 0 Å². The van der Waals surface area contributed by atoms with Gasteiger partial charge in [0.2, 0.25) is 0 Å². The number of phenols is 2. The first-order chi connectivity index (χ1) is 8.06. The molecule has 1 aromatic carbocycles. The van der Waals surface area contributed by atoms with Crippen LogP contribution in [0.5, 0.6) is 11.5 Å². The maximum Gasteiger partial charge on any atom is 0.148 e. The Kier molecular flexibility index (Phi) is 4.44. The highest BCUT2D eigenvalue weighted by molar-refractivity contribution is 5.85. The number of nitrogens with zero attached hydrogens (tertiary/aromatic N) is 2. The van der Waals surface area contributed by atoms with E-state index in [0.717, 1.165) is 11.5 Å². The second-order valence-electron chi connectivity index (χ2n) is 3.96. The van der Waals surface area contributed by atoms with Crippen LogP contribution < -0.4 is 5.32 Å². The minimum Gasteiger partial charge on any atom is -0.508 e. The lowest BCUT2D eigenvalue weighted by molar-refractivity contribution is 0.446. The van der Waals surface area contributed by atoms with Crippen LogP contribution in [0.4, 0.5) is 5.82 Å². The molecular weight excluding hydrogens is 254 g/mol. The molecule has 0 unspecified atom stereocenters. The third kappa shape index (κ3) is 3.07. The van der Waals surface area contributed by atoms with E-state index in [2.05, 4.69) is 10.4 Å². The zero-order chi connectivity index (χ0) is 12.4. The number of aromatic nitrogens is 2. The Hall–Kier alpha value is -1.88. The Morgan fingerprint density at radius 2 is 2.00 bits per heavy atom. The van der Waals surface area contributed by atoms with Crippen LogP contribution in [0.2, 0.25) is 0 Å². The maximum atomic E-state index is 9.60. The number of hydrogen-bond acceptors (Lipinski definition) is 4. The van der Waals surface area contributed by atoms with Gasteiger partial charge in [-0.3, -0.25) is 4.68 Å². The van der Waals surface area contributed by atoms with Gasteiger partial charge < -0.3 is 15.5 Å². The summed E-state index contributed by atoms with van der Waals surface area (Å²) in [4.78, 5) is 0. The summed E-state index contributed by atoms with van der Waals surface area (Å²) >= 11 is 0. The molecule has 3 N–H and O–H groups in total. The third-order valence-electron chi connectivity index (χ3n) is 2.64. The summed E-state index contributed by atoms with van der Waals surface area (Å²) in [5, 5.41) is 26.1. The van der Waals surface area contributed by atoms with E-state index >= 15 is 0 Å². The van der Waals surface area contributed by atoms with E-state index in [4.69, 9.17) is 5.11 Å². The number of anilines is 1. The molecule has 0 saturated carbocycles. The van der Waals surface area contributed by atoms with Gasteiger partial charge in [0.05, 0.1) is 0 Å². The van der Waals surface area contributed by atoms with Crippen LogP contribution in [0, 0.1) is 6.92 Å². The Balaban J connectivity index is 0.00000162. The maximum absolute atomic E-state index is 9.60. The molecule has 0 aliphatic heterocycles. The Morgan fingerprint density at radius 3 is 2.56 bits per heavy atom. The van der Waals surface area contributed by atoms with Gasteiger partial charge in [-0.15, -0.1) is 12.4 Å². The number of aryl methyl sites for hydroxylation is 2. The van der Waals surface area contributed by atoms with Gasteiger partial charge in [-0.1, -0.05) is 0 Å². The SMILES string of the molecule is Cc1cc(NCc2ccc(O)cc2O)nn1C.Cl. The fourth-order valence-corrected chi connectivity index (χ4v) is 1.53. The van der Waals surface area contributed by atoms with Crippen LogP contribution in [0.1, 0.15) is 11.3 Å². The van der Waals surface area contributed by atoms with E-state index in [1.54, 1.807) is 16.8 Å². The minimum absolute atomic E-state index is 0. The van der Waals surface area contributed by atoms with Crippen molar-refractivity contribution >= 4 is 18.2 Å². The van der Waals surface area contributed by atoms with Crippen LogP contribution in [0.15, 0.2) is 24.3 Å². The van der Waals surface area contributed by atoms with E-state index < -0.39 is 0 Å². The molecular formula is C12H16ClN3O2. The molecule has 5 nitrogen and oxygen atoms in total. The van der Waals surface area contributed by atoms with Crippen LogP contribution in [0.3, 0.4) is 0 Å². The zero-order valence-corrected chi connectivity index (χ0v) is 11.0. The zero-order valence-electron chi connectivity index (χ0n) is 10.2. The fourth-order valence-electron chi connectivity index (χ4n) is 1.53. The van der Waals surface area contributed by atoms with Gasteiger partial charge in [-0.05, 0) is 19.1 Å². The predicted octanol–water partition coefficient (Wildman–Crippen LogP) is 2.17. The van der Waals surface area contributed by atoms with Gasteiger partial charge in [-0.2, -0.15) is 5.10 Å². The average molecular weight is 270 g/mol. The van der Waals surface area contributed by atoms with Gasteiger partial charge in [0.15, 0.2) is 0 Å². The van der Waals surface area contributed by atoms with Gasteiger partial charge >= 0.3 is 0 Å². The van der Waals surface area contributed by atoms with Crippen molar-refractivity contribution in [3.8, 4) is 11.5 Å². The third-order valence-corrected chi connectivity index (χ3v) is 2.64. The molecule has 18 heavy (non-hydrogen) atoms.